The second kappa shape index (κ2) is 7.50. The molecule has 0 bridgehead atoms. The van der Waals surface area contributed by atoms with Gasteiger partial charge < -0.3 is 5.32 Å². The molecule has 0 fully saturated rings. The van der Waals surface area contributed by atoms with Crippen LogP contribution in [0.15, 0.2) is 18.2 Å². The topological polar surface area (TPSA) is 12.0 Å². The second-order valence-electron chi connectivity index (χ2n) is 5.34. The maximum atomic E-state index is 3.47. The Morgan fingerprint density at radius 1 is 1.06 bits per heavy atom. The molecule has 0 amide bonds. The Morgan fingerprint density at radius 3 is 2.29 bits per heavy atom. The van der Waals surface area contributed by atoms with Gasteiger partial charge in [-0.15, -0.1) is 0 Å². The van der Waals surface area contributed by atoms with Gasteiger partial charge >= 0.3 is 0 Å². The van der Waals surface area contributed by atoms with Crippen LogP contribution >= 0.6 is 0 Å². The van der Waals surface area contributed by atoms with Gasteiger partial charge in [0.25, 0.3) is 0 Å². The SMILES string of the molecule is CCCNCCC(C)Cc1cc(C)cc(C)c1. The van der Waals surface area contributed by atoms with Crippen molar-refractivity contribution in [3.8, 4) is 0 Å². The number of aryl methyl sites for hydroxylation is 2. The van der Waals surface area contributed by atoms with E-state index in [0.717, 1.165) is 19.0 Å². The quantitative estimate of drug-likeness (QED) is 0.705. The van der Waals surface area contributed by atoms with Gasteiger partial charge in [0.05, 0.1) is 0 Å². The van der Waals surface area contributed by atoms with Crippen LogP contribution in [0.25, 0.3) is 0 Å². The van der Waals surface area contributed by atoms with Crippen LogP contribution in [0.4, 0.5) is 0 Å². The summed E-state index contributed by atoms with van der Waals surface area (Å²) in [5.74, 6) is 0.764. The first kappa shape index (κ1) is 14.2. The van der Waals surface area contributed by atoms with Gasteiger partial charge in [-0.1, -0.05) is 43.2 Å². The fourth-order valence-corrected chi connectivity index (χ4v) is 2.34. The Kier molecular flexibility index (Phi) is 6.28. The molecular formula is C16H27N. The number of hydrogen-bond acceptors (Lipinski definition) is 1. The van der Waals surface area contributed by atoms with Gasteiger partial charge in [0.15, 0.2) is 0 Å². The molecule has 1 unspecified atom stereocenters. The smallest absolute Gasteiger partial charge is 0.00463 e. The molecule has 0 radical (unpaired) electrons. The van der Waals surface area contributed by atoms with Crippen LogP contribution in [0, 0.1) is 19.8 Å². The fraction of sp³-hybridized carbons (Fsp3) is 0.625. The first-order valence-corrected chi connectivity index (χ1v) is 6.89. The molecule has 0 aliphatic heterocycles. The predicted molar refractivity (Wildman–Crippen MR) is 76.6 cm³/mol. The maximum Gasteiger partial charge on any atom is -0.00463 e. The lowest BCUT2D eigenvalue weighted by Gasteiger charge is -2.13. The first-order valence-electron chi connectivity index (χ1n) is 6.89. The van der Waals surface area contributed by atoms with Crippen molar-refractivity contribution in [2.45, 2.75) is 47.0 Å². The summed E-state index contributed by atoms with van der Waals surface area (Å²) in [4.78, 5) is 0. The van der Waals surface area contributed by atoms with E-state index in [-0.39, 0.29) is 0 Å². The minimum atomic E-state index is 0.764. The lowest BCUT2D eigenvalue weighted by Crippen LogP contribution is -2.18. The van der Waals surface area contributed by atoms with E-state index in [1.807, 2.05) is 0 Å². The molecule has 0 saturated carbocycles. The fourth-order valence-electron chi connectivity index (χ4n) is 2.34. The second-order valence-corrected chi connectivity index (χ2v) is 5.34. The van der Waals surface area contributed by atoms with Crippen molar-refractivity contribution in [1.82, 2.24) is 5.32 Å². The largest absolute Gasteiger partial charge is 0.317 e. The van der Waals surface area contributed by atoms with Crippen molar-refractivity contribution in [3.63, 3.8) is 0 Å². The van der Waals surface area contributed by atoms with Crippen molar-refractivity contribution in [1.29, 1.82) is 0 Å². The number of nitrogens with one attached hydrogen (secondary N) is 1. The third-order valence-electron chi connectivity index (χ3n) is 3.11. The highest BCUT2D eigenvalue weighted by Gasteiger charge is 2.04. The van der Waals surface area contributed by atoms with E-state index in [1.54, 1.807) is 0 Å². The Labute approximate surface area is 107 Å². The summed E-state index contributed by atoms with van der Waals surface area (Å²) in [5, 5.41) is 3.47. The highest BCUT2D eigenvalue weighted by Crippen LogP contribution is 2.15. The molecule has 1 heteroatoms. The van der Waals surface area contributed by atoms with Crippen molar-refractivity contribution >= 4 is 0 Å². The number of rotatable bonds is 7. The van der Waals surface area contributed by atoms with E-state index in [2.05, 4.69) is 51.2 Å². The van der Waals surface area contributed by atoms with Crippen LogP contribution in [0.1, 0.15) is 43.4 Å². The lowest BCUT2D eigenvalue weighted by atomic mass is 9.96. The summed E-state index contributed by atoms with van der Waals surface area (Å²) >= 11 is 0. The molecule has 0 heterocycles. The molecule has 1 nitrogen and oxygen atoms in total. The van der Waals surface area contributed by atoms with Crippen LogP contribution in [0.3, 0.4) is 0 Å². The third kappa shape index (κ3) is 5.88. The molecule has 1 aromatic carbocycles. The average molecular weight is 233 g/mol. The molecule has 1 aromatic rings. The summed E-state index contributed by atoms with van der Waals surface area (Å²) in [6, 6.07) is 6.89. The first-order chi connectivity index (χ1) is 8.11. The molecule has 0 spiro atoms. The maximum absolute atomic E-state index is 3.47. The Bertz CT molecular complexity index is 310. The zero-order valence-electron chi connectivity index (χ0n) is 11.8. The summed E-state index contributed by atoms with van der Waals surface area (Å²) in [5.41, 5.74) is 4.26. The Morgan fingerprint density at radius 2 is 1.71 bits per heavy atom. The molecule has 0 aromatic heterocycles. The minimum absolute atomic E-state index is 0.764. The van der Waals surface area contributed by atoms with Crippen LogP contribution in [-0.4, -0.2) is 13.1 Å². The minimum Gasteiger partial charge on any atom is -0.317 e. The van der Waals surface area contributed by atoms with Crippen molar-refractivity contribution in [2.24, 2.45) is 5.92 Å². The van der Waals surface area contributed by atoms with E-state index in [0.29, 0.717) is 0 Å². The highest BCUT2D eigenvalue weighted by molar-refractivity contribution is 5.28. The lowest BCUT2D eigenvalue weighted by molar-refractivity contribution is 0.498. The van der Waals surface area contributed by atoms with Crippen LogP contribution in [0.2, 0.25) is 0 Å². The average Bonchev–Trinajstić information content (AvgIpc) is 2.23. The third-order valence-corrected chi connectivity index (χ3v) is 3.11. The van der Waals surface area contributed by atoms with Gasteiger partial charge in [-0.25, -0.2) is 0 Å². The number of hydrogen-bond donors (Lipinski definition) is 1. The molecule has 1 N–H and O–H groups in total. The zero-order valence-corrected chi connectivity index (χ0v) is 11.8. The van der Waals surface area contributed by atoms with E-state index in [4.69, 9.17) is 0 Å². The van der Waals surface area contributed by atoms with Crippen LogP contribution < -0.4 is 5.32 Å². The van der Waals surface area contributed by atoms with Gasteiger partial charge in [0.2, 0.25) is 0 Å². The van der Waals surface area contributed by atoms with Crippen molar-refractivity contribution < 1.29 is 0 Å². The summed E-state index contributed by atoms with van der Waals surface area (Å²) in [7, 11) is 0. The standard InChI is InChI=1S/C16H27N/c1-5-7-17-8-6-13(2)10-16-11-14(3)9-15(4)12-16/h9,11-13,17H,5-8,10H2,1-4H3. The van der Waals surface area contributed by atoms with Crippen LogP contribution in [0.5, 0.6) is 0 Å². The summed E-state index contributed by atoms with van der Waals surface area (Å²) in [6.45, 7) is 11.2. The summed E-state index contributed by atoms with van der Waals surface area (Å²) in [6.07, 6.45) is 3.70. The molecular weight excluding hydrogens is 206 g/mol. The molecule has 1 rings (SSSR count). The van der Waals surface area contributed by atoms with Gasteiger partial charge in [-0.05, 0) is 57.7 Å². The van der Waals surface area contributed by atoms with Crippen molar-refractivity contribution in [2.75, 3.05) is 13.1 Å². The van der Waals surface area contributed by atoms with E-state index in [9.17, 15) is 0 Å². The van der Waals surface area contributed by atoms with Gasteiger partial charge in [0, 0.05) is 0 Å². The molecule has 0 saturated heterocycles. The Balaban J connectivity index is 2.36. The Hall–Kier alpha value is -0.820. The molecule has 96 valence electrons. The van der Waals surface area contributed by atoms with E-state index < -0.39 is 0 Å². The molecule has 1 atom stereocenters. The molecule has 17 heavy (non-hydrogen) atoms. The highest BCUT2D eigenvalue weighted by atomic mass is 14.8. The monoisotopic (exact) mass is 233 g/mol. The molecule has 0 aliphatic rings. The van der Waals surface area contributed by atoms with Gasteiger partial charge in [-0.2, -0.15) is 0 Å². The summed E-state index contributed by atoms with van der Waals surface area (Å²) < 4.78 is 0. The normalized spacial score (nSPS) is 12.7. The van der Waals surface area contributed by atoms with E-state index >= 15 is 0 Å². The van der Waals surface area contributed by atoms with Crippen molar-refractivity contribution in [3.05, 3.63) is 34.9 Å². The van der Waals surface area contributed by atoms with Gasteiger partial charge in [0.1, 0.15) is 0 Å². The van der Waals surface area contributed by atoms with Gasteiger partial charge in [-0.3, -0.25) is 0 Å². The number of benzene rings is 1. The van der Waals surface area contributed by atoms with Crippen LogP contribution in [-0.2, 0) is 6.42 Å². The predicted octanol–water partition coefficient (Wildman–Crippen LogP) is 3.87. The van der Waals surface area contributed by atoms with E-state index in [1.165, 1.54) is 36.0 Å². The zero-order chi connectivity index (χ0) is 12.7. The molecule has 0 aliphatic carbocycles.